The molecule has 0 aromatic carbocycles. The van der Waals surface area contributed by atoms with E-state index in [9.17, 15) is 24.6 Å². The first-order valence-corrected chi connectivity index (χ1v) is 11.6. The van der Waals surface area contributed by atoms with Crippen LogP contribution in [-0.4, -0.2) is 57.9 Å². The highest BCUT2D eigenvalue weighted by Crippen LogP contribution is 2.47. The summed E-state index contributed by atoms with van der Waals surface area (Å²) in [6.07, 6.45) is 2.45. The fourth-order valence-electron chi connectivity index (χ4n) is 5.16. The van der Waals surface area contributed by atoms with E-state index >= 15 is 0 Å². The molecule has 0 bridgehead atoms. The molecule has 9 nitrogen and oxygen atoms in total. The molecule has 1 aromatic rings. The summed E-state index contributed by atoms with van der Waals surface area (Å²) in [6.45, 7) is 3.29. The number of carbonyl (C=O) groups excluding carboxylic acids is 3. The van der Waals surface area contributed by atoms with Crippen molar-refractivity contribution in [3.63, 3.8) is 0 Å². The third kappa shape index (κ3) is 5.01. The number of methoxy groups -OCH3 is 1. The van der Waals surface area contributed by atoms with Gasteiger partial charge in [-0.15, -0.1) is 0 Å². The topological polar surface area (TPSA) is 138 Å². The van der Waals surface area contributed by atoms with E-state index in [-0.39, 0.29) is 13.0 Å². The zero-order valence-electron chi connectivity index (χ0n) is 19.8. The number of nitrogens with zero attached hydrogens (tertiary/aromatic N) is 1. The van der Waals surface area contributed by atoms with Gasteiger partial charge in [0.05, 0.1) is 31.7 Å². The van der Waals surface area contributed by atoms with Gasteiger partial charge < -0.3 is 24.5 Å². The lowest BCUT2D eigenvalue weighted by atomic mass is 9.67. The van der Waals surface area contributed by atoms with Crippen LogP contribution in [0.15, 0.2) is 33.3 Å². The van der Waals surface area contributed by atoms with Crippen molar-refractivity contribution in [1.82, 2.24) is 4.90 Å². The Bertz CT molecular complexity index is 991. The van der Waals surface area contributed by atoms with Crippen LogP contribution in [0.2, 0.25) is 0 Å². The fourth-order valence-corrected chi connectivity index (χ4v) is 5.16. The first-order chi connectivity index (χ1) is 16.3. The number of furan rings is 1. The molecule has 1 aliphatic carbocycles. The van der Waals surface area contributed by atoms with Gasteiger partial charge in [-0.1, -0.05) is 24.5 Å². The second kappa shape index (κ2) is 11.1. The van der Waals surface area contributed by atoms with Gasteiger partial charge in [-0.2, -0.15) is 4.90 Å². The van der Waals surface area contributed by atoms with Crippen LogP contribution in [0.25, 0.3) is 6.08 Å². The van der Waals surface area contributed by atoms with Crippen LogP contribution in [0.3, 0.4) is 0 Å². The summed E-state index contributed by atoms with van der Waals surface area (Å²) in [5.74, 6) is -2.62. The monoisotopic (exact) mass is 475 g/mol. The molecule has 1 fully saturated rings. The van der Waals surface area contributed by atoms with E-state index in [0.29, 0.717) is 41.3 Å². The van der Waals surface area contributed by atoms with Gasteiger partial charge in [-0.3, -0.25) is 9.59 Å². The molecule has 9 heteroatoms. The molecular formula is C25H33NO8. The lowest BCUT2D eigenvalue weighted by molar-refractivity contribution is -0.137. The summed E-state index contributed by atoms with van der Waals surface area (Å²) in [6, 6.07) is 3.45. The van der Waals surface area contributed by atoms with E-state index in [1.54, 1.807) is 12.1 Å². The predicted octanol–water partition coefficient (Wildman–Crippen LogP) is 2.79. The predicted molar refractivity (Wildman–Crippen MR) is 122 cm³/mol. The number of amides is 3. The number of rotatable bonds is 9. The SMILES string of the molecule is CCCC1=C([C@H](O)CC/C(C)=C/c2ccc(CO)o2)[C@H](CO)[C@@H]2C(=O)N(C(=O)OC)C(=O)[C@@H]2C1. The zero-order chi connectivity index (χ0) is 25.0. The Morgan fingerprint density at radius 1 is 1.29 bits per heavy atom. The number of aliphatic hydroxyl groups excluding tert-OH is 3. The third-order valence-corrected chi connectivity index (χ3v) is 6.69. The molecule has 3 N–H and O–H groups in total. The minimum Gasteiger partial charge on any atom is -0.459 e. The summed E-state index contributed by atoms with van der Waals surface area (Å²) < 4.78 is 10.1. The van der Waals surface area contributed by atoms with E-state index in [4.69, 9.17) is 9.52 Å². The highest BCUT2D eigenvalue weighted by atomic mass is 16.5. The van der Waals surface area contributed by atoms with Gasteiger partial charge in [-0.25, -0.2) is 4.79 Å². The molecule has 1 aliphatic heterocycles. The molecule has 0 saturated carbocycles. The Kier molecular flexibility index (Phi) is 8.46. The van der Waals surface area contributed by atoms with Crippen molar-refractivity contribution in [2.45, 2.75) is 58.7 Å². The number of likely N-dealkylation sites (tertiary alicyclic amines) is 1. The van der Waals surface area contributed by atoms with Crippen LogP contribution < -0.4 is 0 Å². The molecule has 2 heterocycles. The lowest BCUT2D eigenvalue weighted by Gasteiger charge is -2.36. The third-order valence-electron chi connectivity index (χ3n) is 6.69. The maximum atomic E-state index is 13.0. The number of ether oxygens (including phenoxy) is 1. The molecule has 4 atom stereocenters. The fraction of sp³-hybridized carbons (Fsp3) is 0.560. The van der Waals surface area contributed by atoms with Gasteiger partial charge in [0.1, 0.15) is 18.1 Å². The Labute approximate surface area is 198 Å². The number of carbonyl (C=O) groups is 3. The van der Waals surface area contributed by atoms with E-state index in [1.807, 2.05) is 19.9 Å². The smallest absolute Gasteiger partial charge is 0.423 e. The largest absolute Gasteiger partial charge is 0.459 e. The highest BCUT2D eigenvalue weighted by molar-refractivity contribution is 6.15. The molecular weight excluding hydrogens is 442 g/mol. The summed E-state index contributed by atoms with van der Waals surface area (Å²) in [5, 5.41) is 30.5. The van der Waals surface area contributed by atoms with Crippen molar-refractivity contribution < 1.29 is 38.9 Å². The molecule has 0 radical (unpaired) electrons. The molecule has 0 unspecified atom stereocenters. The maximum absolute atomic E-state index is 13.0. The summed E-state index contributed by atoms with van der Waals surface area (Å²) in [7, 11) is 1.10. The number of allylic oxidation sites excluding steroid dienone is 2. The van der Waals surface area contributed by atoms with Gasteiger partial charge in [0.2, 0.25) is 11.8 Å². The molecule has 1 saturated heterocycles. The average Bonchev–Trinajstić information content (AvgIpc) is 3.38. The van der Waals surface area contributed by atoms with Crippen LogP contribution in [-0.2, 0) is 20.9 Å². The van der Waals surface area contributed by atoms with Gasteiger partial charge in [0.15, 0.2) is 0 Å². The second-order valence-electron chi connectivity index (χ2n) is 8.92. The summed E-state index contributed by atoms with van der Waals surface area (Å²) in [5.41, 5.74) is 2.42. The minimum atomic E-state index is -1.02. The van der Waals surface area contributed by atoms with Crippen molar-refractivity contribution in [3.8, 4) is 0 Å². The van der Waals surface area contributed by atoms with E-state index in [1.165, 1.54) is 0 Å². The molecule has 3 amide bonds. The van der Waals surface area contributed by atoms with Gasteiger partial charge >= 0.3 is 6.09 Å². The minimum absolute atomic E-state index is 0.181. The van der Waals surface area contributed by atoms with Crippen LogP contribution in [0.5, 0.6) is 0 Å². The van der Waals surface area contributed by atoms with Crippen LogP contribution in [0.4, 0.5) is 4.79 Å². The first-order valence-electron chi connectivity index (χ1n) is 11.6. The van der Waals surface area contributed by atoms with Crippen molar-refractivity contribution in [1.29, 1.82) is 0 Å². The van der Waals surface area contributed by atoms with Crippen molar-refractivity contribution in [2.24, 2.45) is 17.8 Å². The quantitative estimate of drug-likeness (QED) is 0.366. The molecule has 186 valence electrons. The van der Waals surface area contributed by atoms with Gasteiger partial charge in [0.25, 0.3) is 0 Å². The van der Waals surface area contributed by atoms with Crippen LogP contribution in [0.1, 0.15) is 57.5 Å². The number of hydrogen-bond donors (Lipinski definition) is 3. The van der Waals surface area contributed by atoms with E-state index < -0.39 is 48.4 Å². The number of aliphatic hydroxyl groups is 3. The molecule has 34 heavy (non-hydrogen) atoms. The Morgan fingerprint density at radius 3 is 2.62 bits per heavy atom. The first kappa shape index (κ1) is 25.9. The number of hydrogen-bond acceptors (Lipinski definition) is 8. The highest BCUT2D eigenvalue weighted by Gasteiger charge is 2.57. The van der Waals surface area contributed by atoms with Gasteiger partial charge in [-0.05, 0) is 56.4 Å². The van der Waals surface area contributed by atoms with Crippen molar-refractivity contribution in [2.75, 3.05) is 13.7 Å². The van der Waals surface area contributed by atoms with Crippen LogP contribution in [0, 0.1) is 17.8 Å². The lowest BCUT2D eigenvalue weighted by Crippen LogP contribution is -2.40. The normalized spacial score (nSPS) is 24.0. The number of fused-ring (bicyclic) bond motifs is 1. The van der Waals surface area contributed by atoms with Gasteiger partial charge in [0, 0.05) is 5.92 Å². The molecule has 3 rings (SSSR count). The molecule has 1 aromatic heterocycles. The Morgan fingerprint density at radius 2 is 2.03 bits per heavy atom. The van der Waals surface area contributed by atoms with Crippen molar-refractivity contribution >= 4 is 24.0 Å². The Balaban J connectivity index is 1.83. The average molecular weight is 476 g/mol. The van der Waals surface area contributed by atoms with E-state index in [2.05, 4.69) is 4.74 Å². The number of imide groups is 3. The Hall–Kier alpha value is -2.75. The van der Waals surface area contributed by atoms with Crippen LogP contribution >= 0.6 is 0 Å². The zero-order valence-corrected chi connectivity index (χ0v) is 19.8. The second-order valence-corrected chi connectivity index (χ2v) is 8.92. The molecule has 2 aliphatic rings. The summed E-state index contributed by atoms with van der Waals surface area (Å²) >= 11 is 0. The summed E-state index contributed by atoms with van der Waals surface area (Å²) in [4.78, 5) is 38.4. The van der Waals surface area contributed by atoms with E-state index in [0.717, 1.165) is 24.7 Å². The standard InChI is InChI=1S/C25H33NO8/c1-4-5-15-11-18-22(24(31)26(23(18)30)25(32)33-3)19(13-28)21(15)20(29)9-6-14(2)10-16-7-8-17(12-27)34-16/h7-8,10,18-20,22,27-29H,4-6,9,11-13H2,1-3H3/b14-10+/t18-,19+,20-,22-/m1/s1. The van der Waals surface area contributed by atoms with Crippen molar-refractivity contribution in [3.05, 3.63) is 40.4 Å². The molecule has 0 spiro atoms. The maximum Gasteiger partial charge on any atom is 0.423 e.